The van der Waals surface area contributed by atoms with Gasteiger partial charge in [0.2, 0.25) is 0 Å². The summed E-state index contributed by atoms with van der Waals surface area (Å²) in [5.41, 5.74) is 3.21. The minimum Gasteiger partial charge on any atom is -0.406 e. The van der Waals surface area contributed by atoms with Crippen LogP contribution in [-0.4, -0.2) is 12.4 Å². The Kier molecular flexibility index (Phi) is 3.49. The van der Waals surface area contributed by atoms with Crippen LogP contribution in [-0.2, 0) is 12.8 Å². The molecule has 0 bridgehead atoms. The van der Waals surface area contributed by atoms with Crippen LogP contribution in [0.2, 0.25) is 0 Å². The third-order valence-corrected chi connectivity index (χ3v) is 3.49. The number of fused-ring (bicyclic) bond motifs is 1. The molecule has 1 aliphatic carbocycles. The fourth-order valence-electron chi connectivity index (χ4n) is 2.68. The Balaban J connectivity index is 1.68. The zero-order chi connectivity index (χ0) is 14.9. The maximum atomic E-state index is 12.2. The highest BCUT2D eigenvalue weighted by Gasteiger charge is 2.31. The Labute approximate surface area is 120 Å². The Hall–Kier alpha value is -2.17. The first kappa shape index (κ1) is 13.8. The van der Waals surface area contributed by atoms with Crippen LogP contribution in [0.3, 0.4) is 0 Å². The van der Waals surface area contributed by atoms with E-state index < -0.39 is 6.36 Å². The van der Waals surface area contributed by atoms with Crippen molar-refractivity contribution in [3.05, 3.63) is 59.7 Å². The van der Waals surface area contributed by atoms with Gasteiger partial charge in [-0.2, -0.15) is 0 Å². The Morgan fingerprint density at radius 3 is 2.24 bits per heavy atom. The predicted octanol–water partition coefficient (Wildman–Crippen LogP) is 4.16. The summed E-state index contributed by atoms with van der Waals surface area (Å²) in [5, 5.41) is 3.27. The minimum atomic E-state index is -4.66. The summed E-state index contributed by atoms with van der Waals surface area (Å²) >= 11 is 0. The van der Waals surface area contributed by atoms with Crippen molar-refractivity contribution < 1.29 is 17.9 Å². The Bertz CT molecular complexity index is 614. The highest BCUT2D eigenvalue weighted by atomic mass is 19.4. The number of nitrogens with one attached hydrogen (secondary N) is 1. The molecule has 0 fully saturated rings. The fraction of sp³-hybridized carbons (Fsp3) is 0.250. The number of rotatable bonds is 3. The molecule has 2 aromatic rings. The molecule has 2 nitrogen and oxygen atoms in total. The van der Waals surface area contributed by atoms with E-state index in [1.54, 1.807) is 12.1 Å². The van der Waals surface area contributed by atoms with Crippen molar-refractivity contribution in [2.45, 2.75) is 25.2 Å². The highest BCUT2D eigenvalue weighted by Crippen LogP contribution is 2.28. The van der Waals surface area contributed by atoms with Crippen molar-refractivity contribution in [1.29, 1.82) is 0 Å². The molecule has 0 radical (unpaired) electrons. The van der Waals surface area contributed by atoms with Crippen LogP contribution in [0.5, 0.6) is 5.75 Å². The van der Waals surface area contributed by atoms with Gasteiger partial charge in [0, 0.05) is 17.8 Å². The molecule has 1 N–H and O–H groups in total. The van der Waals surface area contributed by atoms with Crippen LogP contribution in [0, 0.1) is 0 Å². The van der Waals surface area contributed by atoms with Gasteiger partial charge in [-0.15, -0.1) is 13.2 Å². The number of halogens is 3. The van der Waals surface area contributed by atoms with Gasteiger partial charge in [-0.25, -0.2) is 0 Å². The SMILES string of the molecule is FC(F)(F)Oc1cccc(NC2Cc3ccccc3C2)c1. The fourth-order valence-corrected chi connectivity index (χ4v) is 2.68. The van der Waals surface area contributed by atoms with Crippen LogP contribution in [0.1, 0.15) is 11.1 Å². The Morgan fingerprint density at radius 1 is 0.952 bits per heavy atom. The zero-order valence-corrected chi connectivity index (χ0v) is 11.2. The van der Waals surface area contributed by atoms with Gasteiger partial charge in [-0.05, 0) is 36.1 Å². The third-order valence-electron chi connectivity index (χ3n) is 3.49. The molecule has 21 heavy (non-hydrogen) atoms. The molecule has 110 valence electrons. The molecule has 5 heteroatoms. The number of anilines is 1. The topological polar surface area (TPSA) is 21.3 Å². The average Bonchev–Trinajstić information content (AvgIpc) is 2.79. The summed E-state index contributed by atoms with van der Waals surface area (Å²) in [5.74, 6) is -0.206. The lowest BCUT2D eigenvalue weighted by Crippen LogP contribution is -2.20. The van der Waals surface area contributed by atoms with Gasteiger partial charge in [0.15, 0.2) is 0 Å². The molecule has 3 rings (SSSR count). The van der Waals surface area contributed by atoms with Gasteiger partial charge < -0.3 is 10.1 Å². The van der Waals surface area contributed by atoms with Crippen molar-refractivity contribution in [3.8, 4) is 5.75 Å². The lowest BCUT2D eigenvalue weighted by molar-refractivity contribution is -0.274. The number of ether oxygens (including phenoxy) is 1. The van der Waals surface area contributed by atoms with Crippen molar-refractivity contribution in [2.24, 2.45) is 0 Å². The summed E-state index contributed by atoms with van der Waals surface area (Å²) < 4.78 is 40.6. The molecule has 0 atom stereocenters. The molecule has 0 heterocycles. The second kappa shape index (κ2) is 5.31. The van der Waals surface area contributed by atoms with E-state index in [1.165, 1.54) is 23.3 Å². The van der Waals surface area contributed by atoms with Gasteiger partial charge in [0.05, 0.1) is 0 Å². The van der Waals surface area contributed by atoms with Gasteiger partial charge in [-0.1, -0.05) is 30.3 Å². The van der Waals surface area contributed by atoms with Crippen LogP contribution < -0.4 is 10.1 Å². The summed E-state index contributed by atoms with van der Waals surface area (Å²) in [7, 11) is 0. The summed E-state index contributed by atoms with van der Waals surface area (Å²) in [6, 6.07) is 14.3. The number of hydrogen-bond donors (Lipinski definition) is 1. The van der Waals surface area contributed by atoms with E-state index in [1.807, 2.05) is 12.1 Å². The van der Waals surface area contributed by atoms with E-state index in [9.17, 15) is 13.2 Å². The Morgan fingerprint density at radius 2 is 1.62 bits per heavy atom. The molecule has 0 amide bonds. The smallest absolute Gasteiger partial charge is 0.406 e. The standard InChI is InChI=1S/C16H14F3NO/c17-16(18,19)21-15-7-3-6-13(10-15)20-14-8-11-4-1-2-5-12(11)9-14/h1-7,10,14,20H,8-9H2. The lowest BCUT2D eigenvalue weighted by atomic mass is 10.1. The van der Waals surface area contributed by atoms with Crippen LogP contribution >= 0.6 is 0 Å². The van der Waals surface area contributed by atoms with E-state index in [4.69, 9.17) is 0 Å². The molecule has 0 aliphatic heterocycles. The third kappa shape index (κ3) is 3.48. The molecule has 2 aromatic carbocycles. The normalized spacial score (nSPS) is 14.8. The van der Waals surface area contributed by atoms with Crippen LogP contribution in [0.4, 0.5) is 18.9 Å². The van der Waals surface area contributed by atoms with Gasteiger partial charge in [-0.3, -0.25) is 0 Å². The summed E-state index contributed by atoms with van der Waals surface area (Å²) in [6.07, 6.45) is -2.91. The van der Waals surface area contributed by atoms with Gasteiger partial charge in [0.25, 0.3) is 0 Å². The zero-order valence-electron chi connectivity index (χ0n) is 11.2. The van der Waals surface area contributed by atoms with E-state index in [2.05, 4.69) is 22.2 Å². The maximum absolute atomic E-state index is 12.2. The second-order valence-electron chi connectivity index (χ2n) is 5.09. The largest absolute Gasteiger partial charge is 0.573 e. The first-order chi connectivity index (χ1) is 9.99. The first-order valence-corrected chi connectivity index (χ1v) is 6.69. The predicted molar refractivity (Wildman–Crippen MR) is 74.4 cm³/mol. The van der Waals surface area contributed by atoms with E-state index in [0.717, 1.165) is 12.8 Å². The summed E-state index contributed by atoms with van der Waals surface area (Å²) in [6.45, 7) is 0. The minimum absolute atomic E-state index is 0.198. The lowest BCUT2D eigenvalue weighted by Gasteiger charge is -2.15. The van der Waals surface area contributed by atoms with Crippen LogP contribution in [0.15, 0.2) is 48.5 Å². The van der Waals surface area contributed by atoms with E-state index in [-0.39, 0.29) is 11.8 Å². The molecule has 0 spiro atoms. The van der Waals surface area contributed by atoms with Crippen molar-refractivity contribution in [2.75, 3.05) is 5.32 Å². The molecule has 0 saturated carbocycles. The van der Waals surface area contributed by atoms with Crippen molar-refractivity contribution in [1.82, 2.24) is 0 Å². The molecule has 0 aromatic heterocycles. The summed E-state index contributed by atoms with van der Waals surface area (Å²) in [4.78, 5) is 0. The van der Waals surface area contributed by atoms with E-state index in [0.29, 0.717) is 5.69 Å². The second-order valence-corrected chi connectivity index (χ2v) is 5.09. The van der Waals surface area contributed by atoms with Gasteiger partial charge >= 0.3 is 6.36 Å². The molecule has 0 unspecified atom stereocenters. The first-order valence-electron chi connectivity index (χ1n) is 6.69. The molecular formula is C16H14F3NO. The average molecular weight is 293 g/mol. The van der Waals surface area contributed by atoms with Crippen molar-refractivity contribution >= 4 is 5.69 Å². The molecule has 1 aliphatic rings. The maximum Gasteiger partial charge on any atom is 0.573 e. The monoisotopic (exact) mass is 293 g/mol. The van der Waals surface area contributed by atoms with Crippen LogP contribution in [0.25, 0.3) is 0 Å². The number of hydrogen-bond acceptors (Lipinski definition) is 2. The molecular weight excluding hydrogens is 279 g/mol. The quantitative estimate of drug-likeness (QED) is 0.917. The highest BCUT2D eigenvalue weighted by molar-refractivity contribution is 5.50. The van der Waals surface area contributed by atoms with E-state index >= 15 is 0 Å². The number of benzene rings is 2. The van der Waals surface area contributed by atoms with Gasteiger partial charge in [0.1, 0.15) is 5.75 Å². The molecule has 0 saturated heterocycles. The number of alkyl halides is 3. The van der Waals surface area contributed by atoms with Crippen molar-refractivity contribution in [3.63, 3.8) is 0 Å².